The second-order valence-electron chi connectivity index (χ2n) is 3.67. The number of halogens is 3. The van der Waals surface area contributed by atoms with Gasteiger partial charge in [0, 0.05) is 0 Å². The van der Waals surface area contributed by atoms with E-state index in [4.69, 9.17) is 34.8 Å². The molecule has 0 aromatic carbocycles. The minimum absolute atomic E-state index is 0.0385. The monoisotopic (exact) mass is 335 g/mol. The van der Waals surface area contributed by atoms with Gasteiger partial charge in [-0.15, -0.1) is 0 Å². The van der Waals surface area contributed by atoms with Gasteiger partial charge in [-0.2, -0.15) is 0 Å². The Morgan fingerprint density at radius 2 is 1.87 bits per heavy atom. The van der Waals surface area contributed by atoms with Gasteiger partial charge in [0.15, 0.2) is 0 Å². The predicted octanol–water partition coefficient (Wildman–Crippen LogP) is 3.24. The summed E-state index contributed by atoms with van der Waals surface area (Å²) in [5.74, 6) is 0. The number of nitrogens with one attached hydrogen (secondary N) is 1. The van der Waals surface area contributed by atoms with E-state index in [2.05, 4.69) is 5.32 Å². The summed E-state index contributed by atoms with van der Waals surface area (Å²) in [5, 5.41) is 2.78. The van der Waals surface area contributed by atoms with E-state index in [9.17, 15) is 4.79 Å². The molecule has 0 spiro atoms. The number of alkyl carbamates (subject to hydrolysis) is 1. The zero-order valence-electron chi connectivity index (χ0n) is 8.27. The van der Waals surface area contributed by atoms with E-state index >= 15 is 0 Å². The topological polar surface area (TPSA) is 38.3 Å². The first-order valence-electron chi connectivity index (χ1n) is 4.97. The molecule has 3 nitrogen and oxygen atoms in total. The standard InChI is InChI=1S/C8H14Cl3GeNO2/c9-12(10,11)6-15-8(14)13-7-4-2-1-3-5-7/h7H,1-6H2,(H,13,14). The third-order valence-corrected chi connectivity index (χ3v) is 4.98. The quantitative estimate of drug-likeness (QED) is 0.804. The fraction of sp³-hybridized carbons (Fsp3) is 0.875. The Hall–Kier alpha value is 0.683. The normalized spacial score (nSPS) is 18.6. The number of ether oxygens (including phenoxy) is 1. The first-order chi connectivity index (χ1) is 6.97. The van der Waals surface area contributed by atoms with Gasteiger partial charge in [-0.25, -0.2) is 0 Å². The van der Waals surface area contributed by atoms with Crippen LogP contribution in [-0.2, 0) is 4.74 Å². The fourth-order valence-corrected chi connectivity index (χ4v) is 3.07. The first kappa shape index (κ1) is 13.7. The fourth-order valence-electron chi connectivity index (χ4n) is 1.60. The van der Waals surface area contributed by atoms with E-state index in [1.54, 1.807) is 0 Å². The molecule has 0 heterocycles. The number of carbonyl (C=O) groups is 1. The molecule has 0 unspecified atom stereocenters. The van der Waals surface area contributed by atoms with Gasteiger partial charge in [-0.3, -0.25) is 0 Å². The van der Waals surface area contributed by atoms with Gasteiger partial charge in [0.05, 0.1) is 0 Å². The van der Waals surface area contributed by atoms with Gasteiger partial charge in [-0.05, 0) is 0 Å². The molecule has 0 bridgehead atoms. The Labute approximate surface area is 105 Å². The van der Waals surface area contributed by atoms with Crippen LogP contribution in [0.15, 0.2) is 0 Å². The van der Waals surface area contributed by atoms with Crippen LogP contribution in [0.2, 0.25) is 0 Å². The summed E-state index contributed by atoms with van der Waals surface area (Å²) >= 11 is 0. The molecule has 1 saturated carbocycles. The zero-order valence-corrected chi connectivity index (χ0v) is 12.6. The predicted molar refractivity (Wildman–Crippen MR) is 64.7 cm³/mol. The molecule has 15 heavy (non-hydrogen) atoms. The second-order valence-corrected chi connectivity index (χ2v) is 19.9. The molecule has 0 aromatic rings. The summed E-state index contributed by atoms with van der Waals surface area (Å²) in [6, 6.07) is 0.231. The summed E-state index contributed by atoms with van der Waals surface area (Å²) in [6.45, 7) is 0. The van der Waals surface area contributed by atoms with Crippen LogP contribution in [0.4, 0.5) is 4.79 Å². The van der Waals surface area contributed by atoms with Crippen molar-refractivity contribution in [2.24, 2.45) is 0 Å². The van der Waals surface area contributed by atoms with Crippen LogP contribution in [0.25, 0.3) is 0 Å². The second kappa shape index (κ2) is 6.43. The van der Waals surface area contributed by atoms with E-state index in [0.717, 1.165) is 25.7 Å². The molecule has 0 aliphatic heterocycles. The summed E-state index contributed by atoms with van der Waals surface area (Å²) in [6.07, 6.45) is 5.14. The third-order valence-electron chi connectivity index (χ3n) is 2.29. The van der Waals surface area contributed by atoms with Crippen molar-refractivity contribution in [1.29, 1.82) is 0 Å². The van der Waals surface area contributed by atoms with E-state index in [1.807, 2.05) is 0 Å². The Bertz CT molecular complexity index is 216. The van der Waals surface area contributed by atoms with Crippen molar-refractivity contribution in [3.05, 3.63) is 0 Å². The molecule has 88 valence electrons. The Morgan fingerprint density at radius 3 is 2.40 bits per heavy atom. The van der Waals surface area contributed by atoms with Gasteiger partial charge in [-0.1, -0.05) is 0 Å². The number of hydrogen-bond donors (Lipinski definition) is 1. The molecule has 0 aromatic heterocycles. The molecule has 1 N–H and O–H groups in total. The molecule has 1 aliphatic rings. The maximum atomic E-state index is 11.3. The van der Waals surface area contributed by atoms with Crippen molar-refractivity contribution in [3.63, 3.8) is 0 Å². The molecule has 1 rings (SSSR count). The van der Waals surface area contributed by atoms with E-state index < -0.39 is 16.6 Å². The van der Waals surface area contributed by atoms with Crippen molar-refractivity contribution >= 4 is 46.6 Å². The average molecular weight is 335 g/mol. The zero-order chi connectivity index (χ0) is 11.3. The van der Waals surface area contributed by atoms with Gasteiger partial charge in [0.1, 0.15) is 0 Å². The summed E-state index contributed by atoms with van der Waals surface area (Å²) in [4.78, 5) is 11.3. The van der Waals surface area contributed by atoms with Crippen LogP contribution in [0.5, 0.6) is 0 Å². The van der Waals surface area contributed by atoms with Crippen LogP contribution in [0.1, 0.15) is 32.1 Å². The Kier molecular flexibility index (Phi) is 5.89. The molecular formula is C8H14Cl3GeNO2. The molecular weight excluding hydrogens is 321 g/mol. The van der Waals surface area contributed by atoms with Crippen molar-refractivity contribution in [2.75, 3.05) is 5.44 Å². The minimum atomic E-state index is -3.31. The van der Waals surface area contributed by atoms with Crippen molar-refractivity contribution < 1.29 is 9.53 Å². The molecule has 1 amide bonds. The van der Waals surface area contributed by atoms with Gasteiger partial charge in [0.2, 0.25) is 0 Å². The SMILES string of the molecule is O=C(NC1CCCCC1)O[CH2][Ge]([Cl])([Cl])[Cl]. The van der Waals surface area contributed by atoms with Crippen molar-refractivity contribution in [3.8, 4) is 0 Å². The Balaban J connectivity index is 2.17. The number of rotatable bonds is 3. The van der Waals surface area contributed by atoms with Crippen LogP contribution >= 0.6 is 30.0 Å². The summed E-state index contributed by atoms with van der Waals surface area (Å²) < 4.78 is 4.85. The van der Waals surface area contributed by atoms with E-state index in [0.29, 0.717) is 0 Å². The molecule has 0 radical (unpaired) electrons. The van der Waals surface area contributed by atoms with Crippen molar-refractivity contribution in [1.82, 2.24) is 5.32 Å². The van der Waals surface area contributed by atoms with Crippen LogP contribution in [0.3, 0.4) is 0 Å². The van der Waals surface area contributed by atoms with Gasteiger partial charge < -0.3 is 0 Å². The number of amides is 1. The van der Waals surface area contributed by atoms with Crippen LogP contribution < -0.4 is 5.32 Å². The molecule has 1 fully saturated rings. The van der Waals surface area contributed by atoms with Gasteiger partial charge in [0.25, 0.3) is 0 Å². The molecule has 7 heteroatoms. The molecule has 0 saturated heterocycles. The average Bonchev–Trinajstić information content (AvgIpc) is 2.15. The van der Waals surface area contributed by atoms with E-state index in [-0.39, 0.29) is 11.5 Å². The molecule has 0 atom stereocenters. The van der Waals surface area contributed by atoms with E-state index in [1.165, 1.54) is 6.42 Å². The maximum absolute atomic E-state index is 11.3. The van der Waals surface area contributed by atoms with Crippen LogP contribution in [0, 0.1) is 0 Å². The Morgan fingerprint density at radius 1 is 1.27 bits per heavy atom. The number of hydrogen-bond acceptors (Lipinski definition) is 2. The summed E-state index contributed by atoms with van der Waals surface area (Å²) in [7, 11) is 13.6. The van der Waals surface area contributed by atoms with Crippen molar-refractivity contribution in [2.45, 2.75) is 38.1 Å². The number of carbonyl (C=O) groups excluding carboxylic acids is 1. The van der Waals surface area contributed by atoms with Gasteiger partial charge >= 0.3 is 105 Å². The first-order valence-corrected chi connectivity index (χ1v) is 14.7. The van der Waals surface area contributed by atoms with Crippen LogP contribution in [-0.4, -0.2) is 28.1 Å². The third kappa shape index (κ3) is 6.77. The molecule has 1 aliphatic carbocycles. The summed E-state index contributed by atoms with van der Waals surface area (Å²) in [5.41, 5.74) is -0.0385.